The number of aromatic nitrogens is 1. The number of anilines is 8. The highest BCUT2D eigenvalue weighted by Gasteiger charge is 2.23. The standard InChI is InChI=1S/C71H50N4O2/c1-47-25-28-53(29-26-47)72(50-17-5-2-6-18-50)56-35-40-69-65(43-56)63-38-33-58(45-71(63)77-69)73(51-19-7-3-8-20-51)57-31-36-60-64-42-55(34-39-66(64)75(67(60)44-57)52-21-9-4-10-22-52)74(54-30-27-48-15-11-12-16-49(48)41-54)59-32-37-62-61-23-13-14-24-68(61)76-70(62)46-59/h2-25,27-47H,26H2,1H3/t47-/m0/s1. The lowest BCUT2D eigenvalue weighted by molar-refractivity contribution is 0.668. The molecule has 0 unspecified atom stereocenters. The molecule has 0 fully saturated rings. The Kier molecular flexibility index (Phi) is 10.5. The Morgan fingerprint density at radius 1 is 0.351 bits per heavy atom. The van der Waals surface area contributed by atoms with Gasteiger partial charge in [-0.15, -0.1) is 0 Å². The molecule has 0 bridgehead atoms. The Hall–Kier alpha value is -10.0. The molecule has 1 aliphatic carbocycles. The van der Waals surface area contributed by atoms with E-state index in [4.69, 9.17) is 8.83 Å². The molecule has 0 spiro atoms. The molecular weight excluding hydrogens is 941 g/mol. The number of allylic oxidation sites excluding steroid dienone is 3. The number of rotatable bonds is 10. The van der Waals surface area contributed by atoms with Crippen molar-refractivity contribution in [2.75, 3.05) is 14.7 Å². The molecule has 1 aliphatic rings. The average Bonchev–Trinajstić information content (AvgIpc) is 4.27. The molecular formula is C71H50N4O2. The minimum Gasteiger partial charge on any atom is -0.456 e. The largest absolute Gasteiger partial charge is 0.456 e. The number of furan rings is 2. The van der Waals surface area contributed by atoms with E-state index in [1.54, 1.807) is 0 Å². The van der Waals surface area contributed by atoms with Crippen molar-refractivity contribution >= 4 is 122 Å². The van der Waals surface area contributed by atoms with Gasteiger partial charge in [0.05, 0.1) is 11.0 Å². The molecule has 0 aliphatic heterocycles. The van der Waals surface area contributed by atoms with Gasteiger partial charge in [-0.25, -0.2) is 0 Å². The first kappa shape index (κ1) is 44.4. The molecule has 11 aromatic carbocycles. The zero-order valence-electron chi connectivity index (χ0n) is 42.3. The summed E-state index contributed by atoms with van der Waals surface area (Å²) >= 11 is 0. The van der Waals surface area contributed by atoms with Gasteiger partial charge in [-0.05, 0) is 157 Å². The van der Waals surface area contributed by atoms with Crippen molar-refractivity contribution in [1.29, 1.82) is 0 Å². The number of hydrogen-bond acceptors (Lipinski definition) is 5. The molecule has 0 N–H and O–H groups in total. The fourth-order valence-corrected chi connectivity index (χ4v) is 11.7. The summed E-state index contributed by atoms with van der Waals surface area (Å²) in [7, 11) is 0. The van der Waals surface area contributed by atoms with Gasteiger partial charge in [0, 0.05) is 101 Å². The molecule has 6 nitrogen and oxygen atoms in total. The molecule has 6 heteroatoms. The first-order chi connectivity index (χ1) is 38.1. The van der Waals surface area contributed by atoms with E-state index in [-0.39, 0.29) is 0 Å². The van der Waals surface area contributed by atoms with Crippen molar-refractivity contribution in [1.82, 2.24) is 4.57 Å². The zero-order chi connectivity index (χ0) is 51.0. The van der Waals surface area contributed by atoms with Crippen molar-refractivity contribution in [3.63, 3.8) is 0 Å². The Labute approximate surface area is 445 Å². The summed E-state index contributed by atoms with van der Waals surface area (Å²) in [4.78, 5) is 7.04. The number of benzene rings is 11. The van der Waals surface area contributed by atoms with Crippen LogP contribution >= 0.6 is 0 Å². The van der Waals surface area contributed by atoms with Crippen LogP contribution in [-0.4, -0.2) is 4.57 Å². The van der Waals surface area contributed by atoms with Gasteiger partial charge < -0.3 is 28.1 Å². The second-order valence-corrected chi connectivity index (χ2v) is 20.2. The fraction of sp³-hybridized carbons (Fsp3) is 0.0423. The van der Waals surface area contributed by atoms with E-state index < -0.39 is 0 Å². The van der Waals surface area contributed by atoms with Crippen LogP contribution in [0.3, 0.4) is 0 Å². The predicted molar refractivity (Wildman–Crippen MR) is 322 cm³/mol. The first-order valence-electron chi connectivity index (χ1n) is 26.5. The Bertz CT molecular complexity index is 4640. The molecule has 0 amide bonds. The molecule has 366 valence electrons. The molecule has 3 aromatic heterocycles. The summed E-state index contributed by atoms with van der Waals surface area (Å²) < 4.78 is 15.7. The fourth-order valence-electron chi connectivity index (χ4n) is 11.7. The lowest BCUT2D eigenvalue weighted by Crippen LogP contribution is -2.17. The Morgan fingerprint density at radius 2 is 0.857 bits per heavy atom. The van der Waals surface area contributed by atoms with Crippen LogP contribution in [0.4, 0.5) is 45.5 Å². The van der Waals surface area contributed by atoms with Crippen LogP contribution in [0, 0.1) is 5.92 Å². The van der Waals surface area contributed by atoms with Crippen molar-refractivity contribution in [2.24, 2.45) is 5.92 Å². The SMILES string of the molecule is C[C@H]1C=CC(N(c2ccccc2)c2ccc3oc4cc(N(c5ccccc5)c5ccc6c7cc(N(c8ccc9ccccc9c8)c8ccc9c(c8)oc8ccccc89)ccc7n(-c7ccccc7)c6c5)ccc4c3c2)=CC1. The van der Waals surface area contributed by atoms with Crippen molar-refractivity contribution in [3.05, 3.63) is 273 Å². The molecule has 15 rings (SSSR count). The van der Waals surface area contributed by atoms with Gasteiger partial charge in [-0.1, -0.05) is 128 Å². The van der Waals surface area contributed by atoms with Crippen LogP contribution in [0.5, 0.6) is 0 Å². The lowest BCUT2D eigenvalue weighted by atomic mass is 10.0. The highest BCUT2D eigenvalue weighted by molar-refractivity contribution is 6.13. The van der Waals surface area contributed by atoms with Crippen LogP contribution in [-0.2, 0) is 0 Å². The third kappa shape index (κ3) is 7.64. The maximum atomic E-state index is 6.77. The third-order valence-electron chi connectivity index (χ3n) is 15.4. The van der Waals surface area contributed by atoms with Gasteiger partial charge in [0.1, 0.15) is 22.3 Å². The van der Waals surface area contributed by atoms with Crippen LogP contribution < -0.4 is 14.7 Å². The molecule has 3 heterocycles. The molecule has 0 saturated heterocycles. The highest BCUT2D eigenvalue weighted by atomic mass is 16.3. The van der Waals surface area contributed by atoms with Crippen LogP contribution in [0.15, 0.2) is 281 Å². The molecule has 14 aromatic rings. The first-order valence-corrected chi connectivity index (χ1v) is 26.5. The summed E-state index contributed by atoms with van der Waals surface area (Å²) in [5.74, 6) is 0.516. The van der Waals surface area contributed by atoms with Crippen LogP contribution in [0.1, 0.15) is 13.3 Å². The maximum absolute atomic E-state index is 6.77. The minimum atomic E-state index is 0.516. The van der Waals surface area contributed by atoms with Crippen LogP contribution in [0.25, 0.3) is 82.1 Å². The second kappa shape index (κ2) is 18.1. The van der Waals surface area contributed by atoms with Crippen molar-refractivity contribution in [3.8, 4) is 5.69 Å². The molecule has 77 heavy (non-hydrogen) atoms. The van der Waals surface area contributed by atoms with E-state index in [1.807, 2.05) is 12.1 Å². The minimum absolute atomic E-state index is 0.516. The van der Waals surface area contributed by atoms with E-state index in [2.05, 4.69) is 281 Å². The summed E-state index contributed by atoms with van der Waals surface area (Å²) in [6.45, 7) is 2.26. The monoisotopic (exact) mass is 990 g/mol. The third-order valence-corrected chi connectivity index (χ3v) is 15.4. The van der Waals surface area contributed by atoms with Crippen molar-refractivity contribution in [2.45, 2.75) is 13.3 Å². The van der Waals surface area contributed by atoms with Crippen molar-refractivity contribution < 1.29 is 8.83 Å². The maximum Gasteiger partial charge on any atom is 0.137 e. The van der Waals surface area contributed by atoms with Gasteiger partial charge in [0.25, 0.3) is 0 Å². The van der Waals surface area contributed by atoms with Gasteiger partial charge >= 0.3 is 0 Å². The van der Waals surface area contributed by atoms with E-state index in [9.17, 15) is 0 Å². The molecule has 0 saturated carbocycles. The number of fused-ring (bicyclic) bond motifs is 10. The second-order valence-electron chi connectivity index (χ2n) is 20.2. The smallest absolute Gasteiger partial charge is 0.137 e. The van der Waals surface area contributed by atoms with E-state index >= 15 is 0 Å². The van der Waals surface area contributed by atoms with Gasteiger partial charge in [0.2, 0.25) is 0 Å². The summed E-state index contributed by atoms with van der Waals surface area (Å²) in [5, 5.41) is 9.03. The van der Waals surface area contributed by atoms with Gasteiger partial charge in [-0.2, -0.15) is 0 Å². The number of nitrogens with zero attached hydrogens (tertiary/aromatic N) is 4. The lowest BCUT2D eigenvalue weighted by Gasteiger charge is -2.28. The van der Waals surface area contributed by atoms with E-state index in [0.717, 1.165) is 123 Å². The summed E-state index contributed by atoms with van der Waals surface area (Å²) in [6, 6.07) is 89.1. The summed E-state index contributed by atoms with van der Waals surface area (Å²) in [5.41, 5.74) is 16.3. The number of hydrogen-bond donors (Lipinski definition) is 0. The molecule has 1 atom stereocenters. The molecule has 0 radical (unpaired) electrons. The van der Waals surface area contributed by atoms with E-state index in [0.29, 0.717) is 5.92 Å². The number of para-hydroxylation sites is 4. The summed E-state index contributed by atoms with van der Waals surface area (Å²) in [6.07, 6.45) is 7.91. The average molecular weight is 991 g/mol. The quantitative estimate of drug-likeness (QED) is 0.137. The van der Waals surface area contributed by atoms with E-state index in [1.165, 1.54) is 16.5 Å². The van der Waals surface area contributed by atoms with Crippen LogP contribution in [0.2, 0.25) is 0 Å². The normalized spacial score (nSPS) is 13.6. The highest BCUT2D eigenvalue weighted by Crippen LogP contribution is 2.46. The van der Waals surface area contributed by atoms with Gasteiger partial charge in [-0.3, -0.25) is 0 Å². The zero-order valence-corrected chi connectivity index (χ0v) is 42.3. The predicted octanol–water partition coefficient (Wildman–Crippen LogP) is 20.3. The Balaban J connectivity index is 0.876. The Morgan fingerprint density at radius 3 is 1.58 bits per heavy atom. The van der Waals surface area contributed by atoms with Gasteiger partial charge in [0.15, 0.2) is 0 Å². The topological polar surface area (TPSA) is 40.9 Å².